The lowest BCUT2D eigenvalue weighted by molar-refractivity contribution is 0.345. The van der Waals surface area contributed by atoms with Gasteiger partial charge in [0.05, 0.1) is 22.4 Å². The van der Waals surface area contributed by atoms with Crippen LogP contribution in [0.15, 0.2) is 66.1 Å². The predicted molar refractivity (Wildman–Crippen MR) is 101 cm³/mol. The number of rotatable bonds is 1. The molecule has 132 valence electrons. The van der Waals surface area contributed by atoms with Gasteiger partial charge in [0.25, 0.3) is 0 Å². The van der Waals surface area contributed by atoms with Crippen LogP contribution in [0.25, 0.3) is 5.69 Å². The molecule has 1 aliphatic carbocycles. The molecule has 5 nitrogen and oxygen atoms in total. The molecule has 2 heterocycles. The zero-order chi connectivity index (χ0) is 18.6. The second kappa shape index (κ2) is 5.49. The first-order valence-corrected chi connectivity index (χ1v) is 8.99. The highest BCUT2D eigenvalue weighted by Gasteiger charge is 2.52. The normalized spacial score (nSPS) is 20.1. The Labute approximate surface area is 157 Å². The van der Waals surface area contributed by atoms with Crippen LogP contribution in [0.3, 0.4) is 0 Å². The molecule has 5 rings (SSSR count). The summed E-state index contributed by atoms with van der Waals surface area (Å²) in [5, 5.41) is 14.7. The maximum absolute atomic E-state index is 9.96. The van der Waals surface area contributed by atoms with E-state index >= 15 is 0 Å². The van der Waals surface area contributed by atoms with Gasteiger partial charge in [-0.15, -0.1) is 0 Å². The number of benzene rings is 2. The van der Waals surface area contributed by atoms with E-state index in [9.17, 15) is 5.26 Å². The van der Waals surface area contributed by atoms with E-state index in [4.69, 9.17) is 15.6 Å². The van der Waals surface area contributed by atoms with Crippen LogP contribution in [0.1, 0.15) is 28.8 Å². The summed E-state index contributed by atoms with van der Waals surface area (Å²) in [4.78, 5) is 0. The quantitative estimate of drug-likeness (QED) is 0.725. The van der Waals surface area contributed by atoms with E-state index in [2.05, 4.69) is 18.2 Å². The lowest BCUT2D eigenvalue weighted by Gasteiger charge is -2.34. The second-order valence-corrected chi connectivity index (χ2v) is 7.03. The Kier molecular flexibility index (Phi) is 3.19. The summed E-state index contributed by atoms with van der Waals surface area (Å²) in [5.41, 5.74) is 11.2. The zero-order valence-electron chi connectivity index (χ0n) is 14.9. The fourth-order valence-corrected chi connectivity index (χ4v) is 4.61. The Bertz CT molecular complexity index is 1140. The number of hydrogen-bond acceptors (Lipinski definition) is 4. The number of aryl methyl sites for hydroxylation is 2. The van der Waals surface area contributed by atoms with Gasteiger partial charge in [-0.25, -0.2) is 4.68 Å². The highest BCUT2D eigenvalue weighted by molar-refractivity contribution is 5.65. The van der Waals surface area contributed by atoms with Gasteiger partial charge in [-0.05, 0) is 43.0 Å². The van der Waals surface area contributed by atoms with Gasteiger partial charge in [0, 0.05) is 0 Å². The highest BCUT2D eigenvalue weighted by atomic mass is 16.5. The molecular formula is C22H18N4O. The van der Waals surface area contributed by atoms with Crippen molar-refractivity contribution >= 4 is 0 Å². The predicted octanol–water partition coefficient (Wildman–Crippen LogP) is 3.50. The molecule has 0 amide bonds. The number of fused-ring (bicyclic) bond motifs is 4. The Morgan fingerprint density at radius 1 is 1.15 bits per heavy atom. The third-order valence-corrected chi connectivity index (χ3v) is 5.68. The van der Waals surface area contributed by atoms with Gasteiger partial charge in [-0.3, -0.25) is 0 Å². The van der Waals surface area contributed by atoms with Gasteiger partial charge in [0.2, 0.25) is 11.8 Å². The maximum atomic E-state index is 9.96. The SMILES string of the molecule is Cc1nn(-c2ccccc2)c2c1C1(CCc3ccccc31)C(C#N)=C(N)O2. The van der Waals surface area contributed by atoms with E-state index in [1.807, 2.05) is 49.4 Å². The van der Waals surface area contributed by atoms with Gasteiger partial charge in [0.1, 0.15) is 11.6 Å². The largest absolute Gasteiger partial charge is 0.422 e. The first-order chi connectivity index (χ1) is 13.2. The Morgan fingerprint density at radius 2 is 1.89 bits per heavy atom. The van der Waals surface area contributed by atoms with Crippen molar-refractivity contribution in [3.63, 3.8) is 0 Å². The molecule has 2 aromatic carbocycles. The van der Waals surface area contributed by atoms with E-state index in [1.165, 1.54) is 5.56 Å². The first-order valence-electron chi connectivity index (χ1n) is 8.99. The van der Waals surface area contributed by atoms with E-state index in [0.29, 0.717) is 11.5 Å². The summed E-state index contributed by atoms with van der Waals surface area (Å²) in [6.45, 7) is 1.97. The van der Waals surface area contributed by atoms with Gasteiger partial charge in [-0.2, -0.15) is 10.4 Å². The third-order valence-electron chi connectivity index (χ3n) is 5.68. The molecule has 3 aromatic rings. The topological polar surface area (TPSA) is 76.9 Å². The molecule has 1 unspecified atom stereocenters. The highest BCUT2D eigenvalue weighted by Crippen LogP contribution is 2.55. The van der Waals surface area contributed by atoms with Crippen molar-refractivity contribution in [2.45, 2.75) is 25.2 Å². The van der Waals surface area contributed by atoms with Crippen LogP contribution >= 0.6 is 0 Å². The maximum Gasteiger partial charge on any atom is 0.229 e. The Morgan fingerprint density at radius 3 is 2.67 bits per heavy atom. The van der Waals surface area contributed by atoms with Crippen LogP contribution in [0.2, 0.25) is 0 Å². The van der Waals surface area contributed by atoms with Gasteiger partial charge in [-0.1, -0.05) is 42.5 Å². The lowest BCUT2D eigenvalue weighted by Crippen LogP contribution is -2.35. The molecule has 2 N–H and O–H groups in total. The molecule has 1 atom stereocenters. The second-order valence-electron chi connectivity index (χ2n) is 7.03. The van der Waals surface area contributed by atoms with Crippen LogP contribution < -0.4 is 10.5 Å². The average molecular weight is 354 g/mol. The molecule has 0 radical (unpaired) electrons. The van der Waals surface area contributed by atoms with Gasteiger partial charge >= 0.3 is 0 Å². The number of para-hydroxylation sites is 1. The molecule has 0 saturated carbocycles. The number of aromatic nitrogens is 2. The van der Waals surface area contributed by atoms with E-state index in [0.717, 1.165) is 35.3 Å². The fraction of sp³-hybridized carbons (Fsp3) is 0.182. The summed E-state index contributed by atoms with van der Waals surface area (Å²) >= 11 is 0. The number of nitrogens with zero attached hydrogens (tertiary/aromatic N) is 3. The van der Waals surface area contributed by atoms with Crippen molar-refractivity contribution in [2.24, 2.45) is 5.73 Å². The average Bonchev–Trinajstić information content (AvgIpc) is 3.22. The molecule has 1 aliphatic heterocycles. The number of ether oxygens (including phenoxy) is 1. The standard InChI is InChI=1S/C22H18N4O/c1-14-19-21(26(25-14)16-8-3-2-4-9-16)27-20(24)18(13-23)22(19)12-11-15-7-5-6-10-17(15)22/h2-10H,11-12,24H2,1H3. The van der Waals surface area contributed by atoms with Gasteiger partial charge in [0.15, 0.2) is 0 Å². The molecule has 1 aromatic heterocycles. The lowest BCUT2D eigenvalue weighted by atomic mass is 9.69. The number of hydrogen-bond donors (Lipinski definition) is 1. The first kappa shape index (κ1) is 15.7. The number of allylic oxidation sites excluding steroid dienone is 1. The number of nitriles is 1. The van der Waals surface area contributed by atoms with E-state index in [-0.39, 0.29) is 5.88 Å². The minimum Gasteiger partial charge on any atom is -0.422 e. The third kappa shape index (κ3) is 1.95. The summed E-state index contributed by atoms with van der Waals surface area (Å²) in [7, 11) is 0. The molecule has 0 fully saturated rings. The Hall–Kier alpha value is -3.52. The molecule has 0 saturated heterocycles. The summed E-state index contributed by atoms with van der Waals surface area (Å²) < 4.78 is 7.76. The fourth-order valence-electron chi connectivity index (χ4n) is 4.61. The van der Waals surface area contributed by atoms with Crippen molar-refractivity contribution in [1.82, 2.24) is 9.78 Å². The Balaban J connectivity index is 1.85. The van der Waals surface area contributed by atoms with Crippen molar-refractivity contribution in [3.05, 3.63) is 88.4 Å². The van der Waals surface area contributed by atoms with Crippen molar-refractivity contribution in [3.8, 4) is 17.6 Å². The summed E-state index contributed by atoms with van der Waals surface area (Å²) in [6.07, 6.45) is 1.68. The molecule has 27 heavy (non-hydrogen) atoms. The molecule has 0 bridgehead atoms. The van der Waals surface area contributed by atoms with Crippen LogP contribution in [-0.4, -0.2) is 9.78 Å². The van der Waals surface area contributed by atoms with E-state index in [1.54, 1.807) is 4.68 Å². The molecule has 5 heteroatoms. The van der Waals surface area contributed by atoms with Crippen LogP contribution in [0.4, 0.5) is 0 Å². The summed E-state index contributed by atoms with van der Waals surface area (Å²) in [6, 6.07) is 20.5. The van der Waals surface area contributed by atoms with Crippen LogP contribution in [0, 0.1) is 18.3 Å². The van der Waals surface area contributed by atoms with Crippen molar-refractivity contribution in [1.29, 1.82) is 5.26 Å². The molecule has 2 aliphatic rings. The van der Waals surface area contributed by atoms with Crippen molar-refractivity contribution < 1.29 is 4.74 Å². The van der Waals surface area contributed by atoms with E-state index < -0.39 is 5.41 Å². The van der Waals surface area contributed by atoms with Crippen molar-refractivity contribution in [2.75, 3.05) is 0 Å². The molecular weight excluding hydrogens is 336 g/mol. The minimum absolute atomic E-state index is 0.166. The van der Waals surface area contributed by atoms with Crippen LogP contribution in [0.5, 0.6) is 5.88 Å². The minimum atomic E-state index is -0.597. The van der Waals surface area contributed by atoms with Gasteiger partial charge < -0.3 is 10.5 Å². The zero-order valence-corrected chi connectivity index (χ0v) is 14.9. The van der Waals surface area contributed by atoms with Crippen LogP contribution in [-0.2, 0) is 11.8 Å². The monoisotopic (exact) mass is 354 g/mol. The smallest absolute Gasteiger partial charge is 0.229 e. The molecule has 1 spiro atoms. The number of nitrogens with two attached hydrogens (primary N) is 1. The summed E-state index contributed by atoms with van der Waals surface area (Å²) in [5.74, 6) is 0.769.